The van der Waals surface area contributed by atoms with Crippen molar-refractivity contribution in [2.45, 2.75) is 39.0 Å². The van der Waals surface area contributed by atoms with Gasteiger partial charge in [0.05, 0.1) is 17.6 Å². The van der Waals surface area contributed by atoms with Gasteiger partial charge in [0.15, 0.2) is 0 Å². The molecule has 0 saturated carbocycles. The third kappa shape index (κ3) is 4.12. The van der Waals surface area contributed by atoms with E-state index in [4.69, 9.17) is 10.5 Å². The first-order valence-electron chi connectivity index (χ1n) is 7.14. The average Bonchev–Trinajstić information content (AvgIpc) is 2.72. The second-order valence-corrected chi connectivity index (χ2v) is 6.16. The molecule has 0 aliphatic rings. The first-order chi connectivity index (χ1) is 10.7. The number of aromatic amines is 1. The van der Waals surface area contributed by atoms with Crippen molar-refractivity contribution in [1.82, 2.24) is 14.9 Å². The summed E-state index contributed by atoms with van der Waals surface area (Å²) in [7, 11) is 0. The number of hydrogen-bond donors (Lipinski definition) is 3. The second-order valence-electron chi connectivity index (χ2n) is 6.16. The van der Waals surface area contributed by atoms with Crippen molar-refractivity contribution in [2.75, 3.05) is 0 Å². The summed E-state index contributed by atoms with van der Waals surface area (Å²) in [5, 5.41) is 2.39. The summed E-state index contributed by atoms with van der Waals surface area (Å²) < 4.78 is 6.45. The summed E-state index contributed by atoms with van der Waals surface area (Å²) in [6, 6.07) is 5.97. The summed E-state index contributed by atoms with van der Waals surface area (Å²) >= 11 is 0. The molecule has 0 bridgehead atoms. The molecule has 8 heteroatoms. The van der Waals surface area contributed by atoms with Gasteiger partial charge in [0, 0.05) is 0 Å². The molecule has 1 atom stereocenters. The number of ether oxygens (including phenoxy) is 1. The van der Waals surface area contributed by atoms with Gasteiger partial charge < -0.3 is 20.8 Å². The zero-order valence-electron chi connectivity index (χ0n) is 13.3. The van der Waals surface area contributed by atoms with Gasteiger partial charge in [-0.25, -0.2) is 9.59 Å². The van der Waals surface area contributed by atoms with Crippen LogP contribution in [0.2, 0.25) is 0 Å². The van der Waals surface area contributed by atoms with Crippen LogP contribution < -0.4 is 16.7 Å². The van der Waals surface area contributed by atoms with Crippen LogP contribution in [0.15, 0.2) is 29.1 Å². The van der Waals surface area contributed by atoms with Crippen LogP contribution in [0.1, 0.15) is 20.8 Å². The van der Waals surface area contributed by atoms with E-state index in [1.165, 1.54) is 4.57 Å². The molecule has 8 nitrogen and oxygen atoms in total. The normalized spacial score (nSPS) is 12.8. The molecule has 0 saturated heterocycles. The van der Waals surface area contributed by atoms with E-state index in [9.17, 15) is 14.4 Å². The lowest BCUT2D eigenvalue weighted by atomic mass is 10.2. The van der Waals surface area contributed by atoms with Crippen molar-refractivity contribution in [3.63, 3.8) is 0 Å². The zero-order valence-corrected chi connectivity index (χ0v) is 13.3. The summed E-state index contributed by atoms with van der Waals surface area (Å²) in [5.41, 5.74) is 5.49. The van der Waals surface area contributed by atoms with E-state index in [0.29, 0.717) is 11.0 Å². The molecule has 1 unspecified atom stereocenters. The highest BCUT2D eigenvalue weighted by Crippen LogP contribution is 2.10. The molecular weight excluding hydrogens is 300 g/mol. The fourth-order valence-corrected chi connectivity index (χ4v) is 2.13. The number of para-hydroxylation sites is 2. The standard InChI is InChI=1S/C15H20N4O4/c1-15(2,3)23-14(22)18-10(12(16)20)8-19-11-7-5-4-6-9(11)17-13(19)21/h4-7,10H,8H2,1-3H3,(H2,16,20)(H,17,21)(H,18,22). The van der Waals surface area contributed by atoms with Crippen LogP contribution in [0.4, 0.5) is 4.79 Å². The second kappa shape index (κ2) is 6.15. The van der Waals surface area contributed by atoms with E-state index in [1.54, 1.807) is 45.0 Å². The molecule has 0 aliphatic carbocycles. The number of H-pyrrole nitrogens is 1. The maximum absolute atomic E-state index is 12.0. The molecule has 1 heterocycles. The number of rotatable bonds is 4. The highest BCUT2D eigenvalue weighted by atomic mass is 16.6. The fourth-order valence-electron chi connectivity index (χ4n) is 2.13. The highest BCUT2D eigenvalue weighted by molar-refractivity contribution is 5.84. The van der Waals surface area contributed by atoms with Crippen LogP contribution in [0.3, 0.4) is 0 Å². The first kappa shape index (κ1) is 16.6. The number of benzene rings is 1. The van der Waals surface area contributed by atoms with E-state index >= 15 is 0 Å². The van der Waals surface area contributed by atoms with Crippen LogP contribution in [0, 0.1) is 0 Å². The van der Waals surface area contributed by atoms with E-state index in [2.05, 4.69) is 10.3 Å². The number of amides is 2. The largest absolute Gasteiger partial charge is 0.444 e. The number of aromatic nitrogens is 2. The lowest BCUT2D eigenvalue weighted by Crippen LogP contribution is -2.49. The number of carbonyl (C=O) groups is 2. The Morgan fingerprint density at radius 2 is 2.00 bits per heavy atom. The Morgan fingerprint density at radius 1 is 1.35 bits per heavy atom. The number of nitrogens with two attached hydrogens (primary N) is 1. The topological polar surface area (TPSA) is 119 Å². The molecule has 1 aromatic heterocycles. The van der Waals surface area contributed by atoms with Crippen molar-refractivity contribution in [3.8, 4) is 0 Å². The van der Waals surface area contributed by atoms with Gasteiger partial charge in [-0.2, -0.15) is 0 Å². The Labute approximate surface area is 132 Å². The quantitative estimate of drug-likeness (QED) is 0.768. The predicted molar refractivity (Wildman–Crippen MR) is 84.9 cm³/mol. The number of primary amides is 1. The van der Waals surface area contributed by atoms with E-state index < -0.39 is 23.6 Å². The van der Waals surface area contributed by atoms with Crippen LogP contribution >= 0.6 is 0 Å². The lowest BCUT2D eigenvalue weighted by Gasteiger charge is -2.22. The van der Waals surface area contributed by atoms with Gasteiger partial charge in [0.1, 0.15) is 11.6 Å². The maximum atomic E-state index is 12.0. The van der Waals surface area contributed by atoms with Gasteiger partial charge in [0.25, 0.3) is 0 Å². The summed E-state index contributed by atoms with van der Waals surface area (Å²) in [4.78, 5) is 38.1. The van der Waals surface area contributed by atoms with E-state index in [-0.39, 0.29) is 12.2 Å². The summed E-state index contributed by atoms with van der Waals surface area (Å²) in [6.07, 6.45) is -0.769. The highest BCUT2D eigenvalue weighted by Gasteiger charge is 2.24. The van der Waals surface area contributed by atoms with Crippen molar-refractivity contribution in [2.24, 2.45) is 5.73 Å². The molecule has 2 amide bonds. The third-order valence-corrected chi connectivity index (χ3v) is 3.08. The molecule has 4 N–H and O–H groups in total. The Bertz CT molecular complexity index is 785. The Kier molecular flexibility index (Phi) is 4.44. The third-order valence-electron chi connectivity index (χ3n) is 3.08. The van der Waals surface area contributed by atoms with Crippen LogP contribution in [0.5, 0.6) is 0 Å². The van der Waals surface area contributed by atoms with Crippen LogP contribution in [0.25, 0.3) is 11.0 Å². The monoisotopic (exact) mass is 320 g/mol. The Hall–Kier alpha value is -2.77. The molecule has 1 aromatic carbocycles. The SMILES string of the molecule is CC(C)(C)OC(=O)NC(Cn1c(=O)[nH]c2ccccc21)C(N)=O. The number of nitrogens with one attached hydrogen (secondary N) is 2. The van der Waals surface area contributed by atoms with Gasteiger partial charge in [-0.3, -0.25) is 9.36 Å². The molecule has 124 valence electrons. The predicted octanol–water partition coefficient (Wildman–Crippen LogP) is 0.708. The maximum Gasteiger partial charge on any atom is 0.408 e. The minimum atomic E-state index is -1.07. The number of alkyl carbamates (subject to hydrolysis) is 1. The van der Waals surface area contributed by atoms with Gasteiger partial charge >= 0.3 is 11.8 Å². The number of fused-ring (bicyclic) bond motifs is 1. The molecule has 0 fully saturated rings. The number of nitrogens with zero attached hydrogens (tertiary/aromatic N) is 1. The van der Waals surface area contributed by atoms with Crippen molar-refractivity contribution in [1.29, 1.82) is 0 Å². The van der Waals surface area contributed by atoms with Gasteiger partial charge in [0.2, 0.25) is 5.91 Å². The van der Waals surface area contributed by atoms with Crippen molar-refractivity contribution < 1.29 is 14.3 Å². The van der Waals surface area contributed by atoms with Gasteiger partial charge in [-0.05, 0) is 32.9 Å². The first-order valence-corrected chi connectivity index (χ1v) is 7.14. The Balaban J connectivity index is 2.22. The zero-order chi connectivity index (χ0) is 17.2. The molecule has 0 radical (unpaired) electrons. The van der Waals surface area contributed by atoms with Crippen LogP contribution in [-0.4, -0.2) is 33.2 Å². The van der Waals surface area contributed by atoms with Gasteiger partial charge in [-0.1, -0.05) is 12.1 Å². The summed E-state index contributed by atoms with van der Waals surface area (Å²) in [5.74, 6) is -0.756. The van der Waals surface area contributed by atoms with E-state index in [0.717, 1.165) is 0 Å². The molecule has 23 heavy (non-hydrogen) atoms. The number of carbonyl (C=O) groups excluding carboxylic acids is 2. The van der Waals surface area contributed by atoms with Crippen molar-refractivity contribution >= 4 is 23.0 Å². The molecule has 0 spiro atoms. The number of hydrogen-bond acceptors (Lipinski definition) is 4. The molecule has 0 aliphatic heterocycles. The average molecular weight is 320 g/mol. The smallest absolute Gasteiger partial charge is 0.408 e. The summed E-state index contributed by atoms with van der Waals surface area (Å²) in [6.45, 7) is 5.03. The van der Waals surface area contributed by atoms with Gasteiger partial charge in [-0.15, -0.1) is 0 Å². The molecule has 2 aromatic rings. The lowest BCUT2D eigenvalue weighted by molar-refractivity contribution is -0.120. The van der Waals surface area contributed by atoms with Crippen LogP contribution in [-0.2, 0) is 16.1 Å². The molecular formula is C15H20N4O4. The molecule has 2 rings (SSSR count). The Morgan fingerprint density at radius 3 is 2.61 bits per heavy atom. The fraction of sp³-hybridized carbons (Fsp3) is 0.400. The minimum absolute atomic E-state index is 0.0859. The van der Waals surface area contributed by atoms with E-state index in [1.807, 2.05) is 0 Å². The minimum Gasteiger partial charge on any atom is -0.444 e. The van der Waals surface area contributed by atoms with Crippen molar-refractivity contribution in [3.05, 3.63) is 34.7 Å². The number of imidazole rings is 1.